The molecule has 0 aliphatic heterocycles. The van der Waals surface area contributed by atoms with Crippen LogP contribution in [-0.2, 0) is 0 Å². The number of hydrogen-bond donors (Lipinski definition) is 1. The van der Waals surface area contributed by atoms with Crippen LogP contribution in [0, 0.1) is 11.3 Å². The number of benzene rings is 1. The highest BCUT2D eigenvalue weighted by Gasteiger charge is 2.04. The van der Waals surface area contributed by atoms with E-state index in [1.165, 1.54) is 30.4 Å². The van der Waals surface area contributed by atoms with Gasteiger partial charge in [0.1, 0.15) is 0 Å². The molecule has 0 aromatic heterocycles. The minimum Gasteiger partial charge on any atom is -0.478 e. The summed E-state index contributed by atoms with van der Waals surface area (Å²) in [5.74, 6) is -1.02. The molecule has 1 N–H and O–H groups in total. The van der Waals surface area contributed by atoms with Crippen LogP contribution < -0.4 is 0 Å². The molecule has 0 aliphatic rings. The maximum absolute atomic E-state index is 10.6. The molecule has 0 amide bonds. The van der Waals surface area contributed by atoms with Crippen molar-refractivity contribution in [1.82, 2.24) is 0 Å². The van der Waals surface area contributed by atoms with Gasteiger partial charge in [-0.25, -0.2) is 4.79 Å². The molecule has 4 heteroatoms. The highest BCUT2D eigenvalue weighted by Crippen LogP contribution is 2.19. The lowest BCUT2D eigenvalue weighted by Crippen LogP contribution is -1.96. The number of allylic oxidation sites excluding steroid dienone is 1. The van der Waals surface area contributed by atoms with Crippen LogP contribution in [0.4, 0.5) is 0 Å². The van der Waals surface area contributed by atoms with E-state index < -0.39 is 5.97 Å². The molecule has 0 unspecified atom stereocenters. The van der Waals surface area contributed by atoms with Crippen LogP contribution in [0.1, 0.15) is 15.9 Å². The van der Waals surface area contributed by atoms with E-state index in [0.717, 1.165) is 0 Å². The summed E-state index contributed by atoms with van der Waals surface area (Å²) in [5, 5.41) is 17.4. The summed E-state index contributed by atoms with van der Waals surface area (Å²) in [7, 11) is 0. The smallest absolute Gasteiger partial charge is 0.335 e. The molecule has 0 radical (unpaired) electrons. The zero-order valence-electron chi connectivity index (χ0n) is 7.07. The Hall–Kier alpha value is -1.79. The normalized spacial score (nSPS) is 10.0. The van der Waals surface area contributed by atoms with E-state index in [9.17, 15) is 4.79 Å². The van der Waals surface area contributed by atoms with E-state index in [4.69, 9.17) is 22.0 Å². The summed E-state index contributed by atoms with van der Waals surface area (Å²) < 4.78 is 0. The van der Waals surface area contributed by atoms with Gasteiger partial charge < -0.3 is 5.11 Å². The third kappa shape index (κ3) is 2.35. The van der Waals surface area contributed by atoms with E-state index >= 15 is 0 Å². The number of nitrogens with zero attached hydrogens (tertiary/aromatic N) is 1. The lowest BCUT2D eigenvalue weighted by molar-refractivity contribution is 0.0697. The number of nitriles is 1. The molecule has 0 aliphatic carbocycles. The molecule has 0 fully saturated rings. The zero-order chi connectivity index (χ0) is 10.6. The van der Waals surface area contributed by atoms with Crippen LogP contribution in [0.25, 0.3) is 6.08 Å². The van der Waals surface area contributed by atoms with Crippen molar-refractivity contribution in [2.45, 2.75) is 0 Å². The van der Waals surface area contributed by atoms with Crippen LogP contribution in [-0.4, -0.2) is 11.1 Å². The van der Waals surface area contributed by atoms with Crippen LogP contribution in [0.3, 0.4) is 0 Å². The fourth-order valence-electron chi connectivity index (χ4n) is 0.932. The molecule has 1 rings (SSSR count). The van der Waals surface area contributed by atoms with Gasteiger partial charge >= 0.3 is 5.97 Å². The number of rotatable bonds is 2. The molecule has 1 aromatic rings. The second kappa shape index (κ2) is 4.45. The molecule has 70 valence electrons. The Bertz CT molecular complexity index is 432. The van der Waals surface area contributed by atoms with Gasteiger partial charge in [-0.3, -0.25) is 0 Å². The first-order valence-electron chi connectivity index (χ1n) is 3.74. The molecule has 0 atom stereocenters. The van der Waals surface area contributed by atoms with Crippen molar-refractivity contribution in [2.75, 3.05) is 0 Å². The number of carbonyl (C=O) groups is 1. The summed E-state index contributed by atoms with van der Waals surface area (Å²) in [6.45, 7) is 0. The second-order valence-corrected chi connectivity index (χ2v) is 2.91. The number of carboxylic acids is 1. The van der Waals surface area contributed by atoms with Crippen molar-refractivity contribution in [3.63, 3.8) is 0 Å². The lowest BCUT2D eigenvalue weighted by Gasteiger charge is -1.99. The van der Waals surface area contributed by atoms with Gasteiger partial charge in [0.2, 0.25) is 0 Å². The molecule has 0 bridgehead atoms. The summed E-state index contributed by atoms with van der Waals surface area (Å²) in [4.78, 5) is 10.6. The molecule has 1 aromatic carbocycles. The molecule has 0 saturated heterocycles. The number of aromatic carboxylic acids is 1. The standard InChI is InChI=1S/C10H6ClNO2/c11-9-4-3-8(10(13)14)6-7(9)2-1-5-12/h1-4,6H,(H,13,14). The fraction of sp³-hybridized carbons (Fsp3) is 0. The van der Waals surface area contributed by atoms with E-state index in [0.29, 0.717) is 10.6 Å². The maximum Gasteiger partial charge on any atom is 0.335 e. The predicted molar refractivity (Wildman–Crippen MR) is 53.1 cm³/mol. The van der Waals surface area contributed by atoms with Crippen molar-refractivity contribution < 1.29 is 9.90 Å². The second-order valence-electron chi connectivity index (χ2n) is 2.50. The zero-order valence-corrected chi connectivity index (χ0v) is 7.82. The third-order valence-electron chi connectivity index (χ3n) is 1.58. The maximum atomic E-state index is 10.6. The first kappa shape index (κ1) is 10.3. The first-order chi connectivity index (χ1) is 6.65. The van der Waals surface area contributed by atoms with Gasteiger partial charge in [0.25, 0.3) is 0 Å². The molecule has 0 saturated carbocycles. The Kier molecular flexibility index (Phi) is 3.27. The van der Waals surface area contributed by atoms with Gasteiger partial charge in [-0.15, -0.1) is 0 Å². The fourth-order valence-corrected chi connectivity index (χ4v) is 1.11. The minimum absolute atomic E-state index is 0.145. The lowest BCUT2D eigenvalue weighted by atomic mass is 10.1. The first-order valence-corrected chi connectivity index (χ1v) is 4.12. The third-order valence-corrected chi connectivity index (χ3v) is 1.92. The SMILES string of the molecule is N#CC=Cc1cc(C(=O)O)ccc1Cl. The van der Waals surface area contributed by atoms with Gasteiger partial charge in [-0.05, 0) is 29.8 Å². The molecular formula is C10H6ClNO2. The van der Waals surface area contributed by atoms with Crippen molar-refractivity contribution >= 4 is 23.6 Å². The summed E-state index contributed by atoms with van der Waals surface area (Å²) in [6.07, 6.45) is 2.71. The molecular weight excluding hydrogens is 202 g/mol. The summed E-state index contributed by atoms with van der Waals surface area (Å²) in [6, 6.07) is 6.12. The van der Waals surface area contributed by atoms with E-state index in [1.54, 1.807) is 6.07 Å². The highest BCUT2D eigenvalue weighted by atomic mass is 35.5. The Morgan fingerprint density at radius 1 is 1.57 bits per heavy atom. The van der Waals surface area contributed by atoms with Crippen LogP contribution in [0.2, 0.25) is 5.02 Å². The van der Waals surface area contributed by atoms with Gasteiger partial charge in [0, 0.05) is 11.1 Å². The van der Waals surface area contributed by atoms with Gasteiger partial charge in [0.05, 0.1) is 11.6 Å². The van der Waals surface area contributed by atoms with Crippen molar-refractivity contribution in [3.8, 4) is 6.07 Å². The quantitative estimate of drug-likeness (QED) is 0.759. The molecule has 0 heterocycles. The number of hydrogen-bond acceptors (Lipinski definition) is 2. The van der Waals surface area contributed by atoms with Crippen LogP contribution in [0.5, 0.6) is 0 Å². The van der Waals surface area contributed by atoms with Crippen molar-refractivity contribution in [3.05, 3.63) is 40.4 Å². The number of carboxylic acid groups (broad SMARTS) is 1. The average molecular weight is 208 g/mol. The molecule has 14 heavy (non-hydrogen) atoms. The van der Waals surface area contributed by atoms with Gasteiger partial charge in [0.15, 0.2) is 0 Å². The van der Waals surface area contributed by atoms with E-state index in [-0.39, 0.29) is 5.56 Å². The number of halogens is 1. The largest absolute Gasteiger partial charge is 0.478 e. The Labute approximate surface area is 85.9 Å². The topological polar surface area (TPSA) is 61.1 Å². The summed E-state index contributed by atoms with van der Waals surface area (Å²) >= 11 is 5.78. The Balaban J connectivity index is 3.16. The Morgan fingerprint density at radius 3 is 2.86 bits per heavy atom. The monoisotopic (exact) mass is 207 g/mol. The van der Waals surface area contributed by atoms with Crippen molar-refractivity contribution in [2.24, 2.45) is 0 Å². The molecule has 0 spiro atoms. The van der Waals surface area contributed by atoms with Gasteiger partial charge in [-0.1, -0.05) is 11.6 Å². The minimum atomic E-state index is -1.02. The average Bonchev–Trinajstić information content (AvgIpc) is 2.16. The van der Waals surface area contributed by atoms with Crippen LogP contribution >= 0.6 is 11.6 Å². The Morgan fingerprint density at radius 2 is 2.29 bits per heavy atom. The molecule has 3 nitrogen and oxygen atoms in total. The van der Waals surface area contributed by atoms with Crippen LogP contribution in [0.15, 0.2) is 24.3 Å². The van der Waals surface area contributed by atoms with Crippen molar-refractivity contribution in [1.29, 1.82) is 5.26 Å². The highest BCUT2D eigenvalue weighted by molar-refractivity contribution is 6.32. The summed E-state index contributed by atoms with van der Waals surface area (Å²) in [5.41, 5.74) is 0.667. The van der Waals surface area contributed by atoms with Gasteiger partial charge in [-0.2, -0.15) is 5.26 Å². The predicted octanol–water partition coefficient (Wildman–Crippen LogP) is 2.57. The van der Waals surface area contributed by atoms with E-state index in [1.807, 2.05) is 0 Å². The van der Waals surface area contributed by atoms with E-state index in [2.05, 4.69) is 0 Å².